The number of ether oxygens (including phenoxy) is 2. The van der Waals surface area contributed by atoms with Crippen molar-refractivity contribution in [3.05, 3.63) is 36.6 Å². The maximum Gasteiger partial charge on any atom is 0.190 e. The molecule has 0 bridgehead atoms. The zero-order valence-electron chi connectivity index (χ0n) is 11.4. The SMILES string of the molecule is C=CC[C@@H]1C[C@]2(/C=C/C(C)(C)O)OCOC2=CC1=O. The van der Waals surface area contributed by atoms with E-state index in [4.69, 9.17) is 9.47 Å². The molecule has 104 valence electrons. The fourth-order valence-electron chi connectivity index (χ4n) is 2.37. The monoisotopic (exact) mass is 264 g/mol. The number of carbonyl (C=O) groups is 1. The molecule has 4 heteroatoms. The molecule has 1 aliphatic heterocycles. The second-order valence-corrected chi connectivity index (χ2v) is 5.62. The molecule has 0 spiro atoms. The Labute approximate surface area is 113 Å². The summed E-state index contributed by atoms with van der Waals surface area (Å²) < 4.78 is 11.1. The highest BCUT2D eigenvalue weighted by molar-refractivity contribution is 5.94. The van der Waals surface area contributed by atoms with E-state index in [9.17, 15) is 9.90 Å². The van der Waals surface area contributed by atoms with Gasteiger partial charge in [-0.2, -0.15) is 0 Å². The first-order valence-corrected chi connectivity index (χ1v) is 6.43. The zero-order chi connectivity index (χ0) is 14.1. The van der Waals surface area contributed by atoms with Gasteiger partial charge in [0, 0.05) is 12.0 Å². The van der Waals surface area contributed by atoms with Crippen LogP contribution < -0.4 is 0 Å². The highest BCUT2D eigenvalue weighted by Crippen LogP contribution is 2.41. The number of hydrogen-bond donors (Lipinski definition) is 1. The van der Waals surface area contributed by atoms with Crippen molar-refractivity contribution < 1.29 is 19.4 Å². The normalized spacial score (nSPS) is 31.0. The number of fused-ring (bicyclic) bond motifs is 1. The summed E-state index contributed by atoms with van der Waals surface area (Å²) in [7, 11) is 0. The minimum Gasteiger partial charge on any atom is -0.468 e. The lowest BCUT2D eigenvalue weighted by molar-refractivity contribution is -0.120. The highest BCUT2D eigenvalue weighted by atomic mass is 16.7. The third-order valence-corrected chi connectivity index (χ3v) is 3.38. The van der Waals surface area contributed by atoms with E-state index in [1.165, 1.54) is 6.08 Å². The molecule has 2 rings (SSSR count). The van der Waals surface area contributed by atoms with Crippen molar-refractivity contribution in [1.82, 2.24) is 0 Å². The molecule has 0 amide bonds. The molecule has 4 nitrogen and oxygen atoms in total. The Morgan fingerprint density at radius 2 is 2.37 bits per heavy atom. The van der Waals surface area contributed by atoms with Gasteiger partial charge in [-0.05, 0) is 32.8 Å². The highest BCUT2D eigenvalue weighted by Gasteiger charge is 2.46. The fraction of sp³-hybridized carbons (Fsp3) is 0.533. The first-order chi connectivity index (χ1) is 8.86. The molecule has 2 aliphatic rings. The van der Waals surface area contributed by atoms with E-state index in [2.05, 4.69) is 6.58 Å². The number of ketones is 1. The van der Waals surface area contributed by atoms with Gasteiger partial charge in [-0.25, -0.2) is 0 Å². The molecule has 1 N–H and O–H groups in total. The van der Waals surface area contributed by atoms with Gasteiger partial charge in [-0.15, -0.1) is 6.58 Å². The number of hydrogen-bond acceptors (Lipinski definition) is 4. The van der Waals surface area contributed by atoms with Gasteiger partial charge in [-0.3, -0.25) is 4.79 Å². The summed E-state index contributed by atoms with van der Waals surface area (Å²) in [5.41, 5.74) is -1.65. The summed E-state index contributed by atoms with van der Waals surface area (Å²) in [4.78, 5) is 11.9. The van der Waals surface area contributed by atoms with Crippen LogP contribution in [0.1, 0.15) is 26.7 Å². The van der Waals surface area contributed by atoms with E-state index in [-0.39, 0.29) is 18.5 Å². The van der Waals surface area contributed by atoms with Gasteiger partial charge in [-0.1, -0.05) is 12.2 Å². The molecule has 0 radical (unpaired) electrons. The van der Waals surface area contributed by atoms with Crippen molar-refractivity contribution in [2.75, 3.05) is 6.79 Å². The zero-order valence-corrected chi connectivity index (χ0v) is 11.4. The van der Waals surface area contributed by atoms with Crippen LogP contribution in [0, 0.1) is 5.92 Å². The minimum absolute atomic E-state index is 0.0488. The topological polar surface area (TPSA) is 55.8 Å². The van der Waals surface area contributed by atoms with Crippen molar-refractivity contribution in [1.29, 1.82) is 0 Å². The lowest BCUT2D eigenvalue weighted by Gasteiger charge is -2.31. The van der Waals surface area contributed by atoms with Gasteiger partial charge < -0.3 is 14.6 Å². The Kier molecular flexibility index (Phi) is 3.65. The molecule has 1 aliphatic carbocycles. The van der Waals surface area contributed by atoms with Crippen LogP contribution in [0.2, 0.25) is 0 Å². The third kappa shape index (κ3) is 2.96. The van der Waals surface area contributed by atoms with Gasteiger partial charge in [0.25, 0.3) is 0 Å². The summed E-state index contributed by atoms with van der Waals surface area (Å²) in [6.45, 7) is 7.19. The summed E-state index contributed by atoms with van der Waals surface area (Å²) >= 11 is 0. The molecule has 0 saturated carbocycles. The van der Waals surface area contributed by atoms with E-state index in [0.29, 0.717) is 18.6 Å². The van der Waals surface area contributed by atoms with Crippen molar-refractivity contribution in [2.45, 2.75) is 37.9 Å². The Morgan fingerprint density at radius 3 is 3.00 bits per heavy atom. The molecular formula is C15H20O4. The van der Waals surface area contributed by atoms with Gasteiger partial charge in [0.2, 0.25) is 0 Å². The smallest absolute Gasteiger partial charge is 0.190 e. The maximum absolute atomic E-state index is 11.9. The van der Waals surface area contributed by atoms with E-state index >= 15 is 0 Å². The molecule has 0 aromatic rings. The van der Waals surface area contributed by atoms with Crippen molar-refractivity contribution in [3.8, 4) is 0 Å². The van der Waals surface area contributed by atoms with Gasteiger partial charge in [0.1, 0.15) is 11.4 Å². The van der Waals surface area contributed by atoms with Crippen LogP contribution in [0.15, 0.2) is 36.6 Å². The second-order valence-electron chi connectivity index (χ2n) is 5.62. The average molecular weight is 264 g/mol. The van der Waals surface area contributed by atoms with Crippen molar-refractivity contribution >= 4 is 5.78 Å². The number of rotatable bonds is 4. The van der Waals surface area contributed by atoms with Crippen LogP contribution in [0.25, 0.3) is 0 Å². The number of carbonyl (C=O) groups excluding carboxylic acids is 1. The predicted octanol–water partition coefficient (Wildman–Crippen LogP) is 2.11. The minimum atomic E-state index is -0.929. The standard InChI is InChI=1S/C15H20O4/c1-4-5-11-9-15(7-6-14(2,3)17)13(8-12(11)16)18-10-19-15/h4,6-8,11,17H,1,5,9-10H2,2-3H3/b7-6+/t11-,15+/m1/s1. The molecule has 1 fully saturated rings. The fourth-order valence-corrected chi connectivity index (χ4v) is 2.37. The van der Waals surface area contributed by atoms with Gasteiger partial charge >= 0.3 is 0 Å². The summed E-state index contributed by atoms with van der Waals surface area (Å²) in [6.07, 6.45) is 7.87. The Balaban J connectivity index is 2.31. The van der Waals surface area contributed by atoms with Crippen LogP contribution in [0.5, 0.6) is 0 Å². The molecule has 0 aromatic heterocycles. The van der Waals surface area contributed by atoms with E-state index in [1.54, 1.807) is 32.1 Å². The Hall–Kier alpha value is -1.39. The predicted molar refractivity (Wildman–Crippen MR) is 71.2 cm³/mol. The molecule has 1 saturated heterocycles. The van der Waals surface area contributed by atoms with Crippen molar-refractivity contribution in [2.24, 2.45) is 5.92 Å². The quantitative estimate of drug-likeness (QED) is 0.790. The molecule has 1 heterocycles. The largest absolute Gasteiger partial charge is 0.468 e. The van der Waals surface area contributed by atoms with Crippen molar-refractivity contribution in [3.63, 3.8) is 0 Å². The van der Waals surface area contributed by atoms with Gasteiger partial charge in [0.05, 0.1) is 5.60 Å². The molecule has 19 heavy (non-hydrogen) atoms. The van der Waals surface area contributed by atoms with E-state index in [1.807, 2.05) is 0 Å². The van der Waals surface area contributed by atoms with E-state index in [0.717, 1.165) is 0 Å². The number of aliphatic hydroxyl groups is 1. The third-order valence-electron chi connectivity index (χ3n) is 3.38. The van der Waals surface area contributed by atoms with Crippen LogP contribution >= 0.6 is 0 Å². The molecular weight excluding hydrogens is 244 g/mol. The van der Waals surface area contributed by atoms with E-state index < -0.39 is 11.2 Å². The molecule has 0 aromatic carbocycles. The first kappa shape index (κ1) is 14.0. The van der Waals surface area contributed by atoms with Gasteiger partial charge in [0.15, 0.2) is 12.6 Å². The van der Waals surface area contributed by atoms with Crippen LogP contribution in [-0.4, -0.2) is 28.9 Å². The summed E-state index contributed by atoms with van der Waals surface area (Å²) in [6, 6.07) is 0. The van der Waals surface area contributed by atoms with Crippen LogP contribution in [-0.2, 0) is 14.3 Å². The lowest BCUT2D eigenvalue weighted by atomic mass is 9.78. The molecule has 2 atom stereocenters. The van der Waals surface area contributed by atoms with Crippen LogP contribution in [0.3, 0.4) is 0 Å². The van der Waals surface area contributed by atoms with Crippen LogP contribution in [0.4, 0.5) is 0 Å². The molecule has 0 unspecified atom stereocenters. The lowest BCUT2D eigenvalue weighted by Crippen LogP contribution is -2.37. The summed E-state index contributed by atoms with van der Waals surface area (Å²) in [5.74, 6) is 0.445. The average Bonchev–Trinajstić information content (AvgIpc) is 2.70. The second kappa shape index (κ2) is 4.94. The number of allylic oxidation sites excluding steroid dienone is 2. The first-order valence-electron chi connectivity index (χ1n) is 6.43. The maximum atomic E-state index is 11.9. The Bertz CT molecular complexity index is 442. The Morgan fingerprint density at radius 1 is 1.63 bits per heavy atom. The summed E-state index contributed by atoms with van der Waals surface area (Å²) in [5, 5.41) is 9.80.